The number of nitrogens with zero attached hydrogens (tertiary/aromatic N) is 3. The Bertz CT molecular complexity index is 530. The maximum Gasteiger partial charge on any atom is 0.247 e. The van der Waals surface area contributed by atoms with Gasteiger partial charge in [0.05, 0.1) is 6.54 Å². The van der Waals surface area contributed by atoms with Gasteiger partial charge in [0.15, 0.2) is 0 Å². The topological polar surface area (TPSA) is 42.2 Å². The Labute approximate surface area is 139 Å². The van der Waals surface area contributed by atoms with Crippen LogP contribution in [0.5, 0.6) is 0 Å². The van der Waals surface area contributed by atoms with E-state index >= 15 is 0 Å². The number of benzene rings is 1. The molecule has 0 N–H and O–H groups in total. The molecule has 1 heterocycles. The quantitative estimate of drug-likeness (QED) is 0.763. The smallest absolute Gasteiger partial charge is 0.247 e. The van der Waals surface area contributed by atoms with Gasteiger partial charge < -0.3 is 4.42 Å². The van der Waals surface area contributed by atoms with Crippen molar-refractivity contribution in [2.24, 2.45) is 11.8 Å². The summed E-state index contributed by atoms with van der Waals surface area (Å²) >= 11 is 0. The van der Waals surface area contributed by atoms with Gasteiger partial charge in [0.2, 0.25) is 11.8 Å². The van der Waals surface area contributed by atoms with E-state index in [2.05, 4.69) is 42.8 Å². The molecule has 2 aromatic rings. The summed E-state index contributed by atoms with van der Waals surface area (Å²) in [6.07, 6.45) is 0. The van der Waals surface area contributed by atoms with Crippen molar-refractivity contribution in [2.45, 2.75) is 34.2 Å². The van der Waals surface area contributed by atoms with Gasteiger partial charge in [0.1, 0.15) is 0 Å². The van der Waals surface area contributed by atoms with Crippen LogP contribution in [0, 0.1) is 11.8 Å². The van der Waals surface area contributed by atoms with E-state index in [9.17, 15) is 0 Å². The summed E-state index contributed by atoms with van der Waals surface area (Å²) in [4.78, 5) is 2.39. The highest BCUT2D eigenvalue weighted by atomic mass is 35.5. The highest BCUT2D eigenvalue weighted by molar-refractivity contribution is 5.85. The fourth-order valence-corrected chi connectivity index (χ4v) is 2.44. The molecule has 0 atom stereocenters. The molecule has 2 rings (SSSR count). The minimum Gasteiger partial charge on any atom is -0.419 e. The van der Waals surface area contributed by atoms with Crippen LogP contribution >= 0.6 is 12.4 Å². The summed E-state index contributed by atoms with van der Waals surface area (Å²) in [6, 6.07) is 9.90. The lowest BCUT2D eigenvalue weighted by atomic mass is 10.1. The zero-order valence-corrected chi connectivity index (χ0v) is 14.6. The van der Waals surface area contributed by atoms with E-state index in [0.717, 1.165) is 25.2 Å². The van der Waals surface area contributed by atoms with E-state index in [1.165, 1.54) is 0 Å². The Morgan fingerprint density at radius 1 is 0.955 bits per heavy atom. The predicted octanol–water partition coefficient (Wildman–Crippen LogP) is 4.27. The molecule has 0 fully saturated rings. The molecule has 0 aliphatic carbocycles. The van der Waals surface area contributed by atoms with Gasteiger partial charge in [-0.25, -0.2) is 0 Å². The molecule has 0 aliphatic heterocycles. The van der Waals surface area contributed by atoms with Crippen molar-refractivity contribution >= 4 is 12.4 Å². The Morgan fingerprint density at radius 2 is 1.55 bits per heavy atom. The minimum atomic E-state index is 0. The largest absolute Gasteiger partial charge is 0.419 e. The van der Waals surface area contributed by atoms with Crippen LogP contribution in [-0.2, 0) is 6.54 Å². The van der Waals surface area contributed by atoms with Crippen LogP contribution in [0.25, 0.3) is 11.5 Å². The number of hydrogen-bond donors (Lipinski definition) is 0. The molecule has 1 aromatic heterocycles. The molecule has 0 aliphatic rings. The fraction of sp³-hybridized carbons (Fsp3) is 0.529. The van der Waals surface area contributed by atoms with E-state index in [1.54, 1.807) is 0 Å². The van der Waals surface area contributed by atoms with E-state index < -0.39 is 0 Å². The van der Waals surface area contributed by atoms with Gasteiger partial charge in [-0.3, -0.25) is 4.90 Å². The lowest BCUT2D eigenvalue weighted by Crippen LogP contribution is -2.31. The molecule has 0 radical (unpaired) electrons. The molecule has 5 heteroatoms. The summed E-state index contributed by atoms with van der Waals surface area (Å²) in [5.74, 6) is 2.54. The molecule has 0 unspecified atom stereocenters. The molecule has 0 saturated heterocycles. The first kappa shape index (κ1) is 18.7. The van der Waals surface area contributed by atoms with E-state index in [4.69, 9.17) is 4.42 Å². The van der Waals surface area contributed by atoms with E-state index in [1.807, 2.05) is 30.3 Å². The summed E-state index contributed by atoms with van der Waals surface area (Å²) in [5, 5.41) is 8.34. The number of rotatable bonds is 7. The van der Waals surface area contributed by atoms with Crippen molar-refractivity contribution in [3.05, 3.63) is 36.2 Å². The van der Waals surface area contributed by atoms with Crippen LogP contribution in [0.3, 0.4) is 0 Å². The molecule has 0 spiro atoms. The molecule has 0 amide bonds. The Balaban J connectivity index is 0.00000242. The fourth-order valence-electron chi connectivity index (χ4n) is 2.44. The maximum absolute atomic E-state index is 5.80. The minimum absolute atomic E-state index is 0. The van der Waals surface area contributed by atoms with Gasteiger partial charge in [-0.1, -0.05) is 45.9 Å². The first-order valence-corrected chi connectivity index (χ1v) is 7.64. The van der Waals surface area contributed by atoms with Crippen LogP contribution in [-0.4, -0.2) is 28.2 Å². The average Bonchev–Trinajstić information content (AvgIpc) is 2.86. The standard InChI is InChI=1S/C17H25N3O.ClH/c1-13(2)10-20(11-14(3)4)12-16-18-19-17(21-16)15-8-6-5-7-9-15;/h5-9,13-14H,10-12H2,1-4H3;1H. The van der Waals surface area contributed by atoms with Gasteiger partial charge in [-0.05, 0) is 24.0 Å². The second-order valence-electron chi connectivity index (χ2n) is 6.35. The third-order valence-corrected chi connectivity index (χ3v) is 3.09. The zero-order valence-electron chi connectivity index (χ0n) is 13.8. The second kappa shape index (κ2) is 8.91. The highest BCUT2D eigenvalue weighted by Gasteiger charge is 2.15. The monoisotopic (exact) mass is 323 g/mol. The average molecular weight is 324 g/mol. The SMILES string of the molecule is CC(C)CN(Cc1nnc(-c2ccccc2)o1)CC(C)C.Cl. The highest BCUT2D eigenvalue weighted by Crippen LogP contribution is 2.18. The molecule has 0 bridgehead atoms. The van der Waals surface area contributed by atoms with E-state index in [-0.39, 0.29) is 12.4 Å². The molecule has 22 heavy (non-hydrogen) atoms. The molecular weight excluding hydrogens is 298 g/mol. The summed E-state index contributed by atoms with van der Waals surface area (Å²) < 4.78 is 5.80. The van der Waals surface area contributed by atoms with Crippen molar-refractivity contribution in [3.63, 3.8) is 0 Å². The van der Waals surface area contributed by atoms with Crippen molar-refractivity contribution in [2.75, 3.05) is 13.1 Å². The van der Waals surface area contributed by atoms with E-state index in [0.29, 0.717) is 23.6 Å². The lowest BCUT2D eigenvalue weighted by Gasteiger charge is -2.24. The third-order valence-electron chi connectivity index (χ3n) is 3.09. The molecule has 1 aromatic carbocycles. The first-order valence-electron chi connectivity index (χ1n) is 7.64. The van der Waals surface area contributed by atoms with Crippen LogP contribution < -0.4 is 0 Å². The van der Waals surface area contributed by atoms with Crippen LogP contribution in [0.15, 0.2) is 34.7 Å². The maximum atomic E-state index is 5.80. The van der Waals surface area contributed by atoms with Gasteiger partial charge >= 0.3 is 0 Å². The van der Waals surface area contributed by atoms with Crippen molar-refractivity contribution in [3.8, 4) is 11.5 Å². The van der Waals surface area contributed by atoms with Crippen LogP contribution in [0.4, 0.5) is 0 Å². The number of halogens is 1. The van der Waals surface area contributed by atoms with Gasteiger partial charge in [-0.2, -0.15) is 0 Å². The normalized spacial score (nSPS) is 11.2. The van der Waals surface area contributed by atoms with Crippen molar-refractivity contribution < 1.29 is 4.42 Å². The Hall–Kier alpha value is -1.39. The van der Waals surface area contributed by atoms with Crippen LogP contribution in [0.2, 0.25) is 0 Å². The molecule has 4 nitrogen and oxygen atoms in total. The zero-order chi connectivity index (χ0) is 15.2. The second-order valence-corrected chi connectivity index (χ2v) is 6.35. The Kier molecular flexibility index (Phi) is 7.56. The van der Waals surface area contributed by atoms with Crippen LogP contribution in [0.1, 0.15) is 33.6 Å². The van der Waals surface area contributed by atoms with Gasteiger partial charge in [0, 0.05) is 18.7 Å². The molecular formula is C17H26ClN3O. The van der Waals surface area contributed by atoms with Gasteiger partial charge in [-0.15, -0.1) is 22.6 Å². The number of aromatic nitrogens is 2. The third kappa shape index (κ3) is 5.78. The summed E-state index contributed by atoms with van der Waals surface area (Å²) in [6.45, 7) is 11.7. The predicted molar refractivity (Wildman–Crippen MR) is 91.9 cm³/mol. The van der Waals surface area contributed by atoms with Crippen molar-refractivity contribution in [1.82, 2.24) is 15.1 Å². The Morgan fingerprint density at radius 3 is 2.09 bits per heavy atom. The molecule has 122 valence electrons. The first-order chi connectivity index (χ1) is 10.0. The molecule has 0 saturated carbocycles. The summed E-state index contributed by atoms with van der Waals surface area (Å²) in [7, 11) is 0. The van der Waals surface area contributed by atoms with Gasteiger partial charge in [0.25, 0.3) is 0 Å². The lowest BCUT2D eigenvalue weighted by molar-refractivity contribution is 0.194. The van der Waals surface area contributed by atoms with Crippen molar-refractivity contribution in [1.29, 1.82) is 0 Å². The number of hydrogen-bond acceptors (Lipinski definition) is 4. The summed E-state index contributed by atoms with van der Waals surface area (Å²) in [5.41, 5.74) is 0.968.